The maximum atomic E-state index is 13.7. The van der Waals surface area contributed by atoms with Gasteiger partial charge in [-0.2, -0.15) is 0 Å². The molecular weight excluding hydrogens is 632 g/mol. The minimum Gasteiger partial charge on any atom is -0.462 e. The van der Waals surface area contributed by atoms with Gasteiger partial charge in [-0.1, -0.05) is 61.7 Å². The topological polar surface area (TPSA) is 133 Å². The average molecular weight is 677 g/mol. The highest BCUT2D eigenvalue weighted by atomic mass is 16.6. The fourth-order valence-corrected chi connectivity index (χ4v) is 6.87. The maximum Gasteiger partial charge on any atom is 0.333 e. The number of carbonyl (C=O) groups excluding carboxylic acids is 4. The second-order valence-corrected chi connectivity index (χ2v) is 12.8. The van der Waals surface area contributed by atoms with Crippen molar-refractivity contribution in [2.45, 2.75) is 63.9 Å². The lowest BCUT2D eigenvalue weighted by Crippen LogP contribution is -2.63. The zero-order chi connectivity index (χ0) is 35.3. The summed E-state index contributed by atoms with van der Waals surface area (Å²) >= 11 is 0. The molecule has 4 unspecified atom stereocenters. The van der Waals surface area contributed by atoms with Crippen molar-refractivity contribution in [2.75, 3.05) is 39.6 Å². The van der Waals surface area contributed by atoms with Gasteiger partial charge in [-0.15, -0.1) is 0 Å². The van der Waals surface area contributed by atoms with E-state index >= 15 is 0 Å². The molecule has 0 saturated carbocycles. The number of carbonyl (C=O) groups is 4. The van der Waals surface area contributed by atoms with Crippen LogP contribution in [-0.4, -0.2) is 75.7 Å². The Kier molecular flexibility index (Phi) is 11.2. The molecule has 1 heterocycles. The summed E-state index contributed by atoms with van der Waals surface area (Å²) in [5.74, 6) is -4.27. The third kappa shape index (κ3) is 6.85. The lowest BCUT2D eigenvalue weighted by Gasteiger charge is -2.58. The quantitative estimate of drug-likeness (QED) is 0.0717. The van der Waals surface area contributed by atoms with Gasteiger partial charge in [-0.3, -0.25) is 9.59 Å². The molecule has 3 aliphatic carbocycles. The summed E-state index contributed by atoms with van der Waals surface area (Å²) in [5.41, 5.74) is 0.841. The highest BCUT2D eigenvalue weighted by Gasteiger charge is 2.75. The number of benzene rings is 2. The van der Waals surface area contributed by atoms with Crippen LogP contribution in [0.3, 0.4) is 0 Å². The van der Waals surface area contributed by atoms with E-state index in [4.69, 9.17) is 33.2 Å². The van der Waals surface area contributed by atoms with Crippen LogP contribution in [0.15, 0.2) is 72.8 Å². The van der Waals surface area contributed by atoms with Crippen LogP contribution in [0.4, 0.5) is 0 Å². The second-order valence-electron chi connectivity index (χ2n) is 12.8. The molecule has 11 nitrogen and oxygen atoms in total. The molecule has 11 heteroatoms. The van der Waals surface area contributed by atoms with Crippen LogP contribution in [-0.2, 0) is 63.5 Å². The van der Waals surface area contributed by atoms with Gasteiger partial charge >= 0.3 is 23.9 Å². The first-order valence-electron chi connectivity index (χ1n) is 16.6. The first-order chi connectivity index (χ1) is 23.4. The molecule has 262 valence electrons. The zero-order valence-electron chi connectivity index (χ0n) is 28.5. The van der Waals surface area contributed by atoms with E-state index in [1.807, 2.05) is 62.4 Å². The summed E-state index contributed by atoms with van der Waals surface area (Å²) in [5, 5.41) is 0. The Morgan fingerprint density at radius 3 is 1.35 bits per heavy atom. The molecule has 6 rings (SSSR count). The van der Waals surface area contributed by atoms with Gasteiger partial charge in [0, 0.05) is 24.0 Å². The van der Waals surface area contributed by atoms with Gasteiger partial charge < -0.3 is 33.2 Å². The Hall–Kier alpha value is -4.16. The van der Waals surface area contributed by atoms with E-state index in [1.165, 1.54) is 0 Å². The largest absolute Gasteiger partial charge is 0.462 e. The lowest BCUT2D eigenvalue weighted by atomic mass is 9.50. The van der Waals surface area contributed by atoms with Gasteiger partial charge in [0.05, 0.1) is 51.8 Å². The summed E-state index contributed by atoms with van der Waals surface area (Å²) in [6, 6.07) is 15.1. The Morgan fingerprint density at radius 2 is 1.02 bits per heavy atom. The third-order valence-electron chi connectivity index (χ3n) is 9.01. The van der Waals surface area contributed by atoms with E-state index in [1.54, 1.807) is 13.8 Å². The molecule has 4 aliphatic rings. The number of hydrogen-bond donors (Lipinski definition) is 0. The number of hydrogen-bond acceptors (Lipinski definition) is 11. The standard InChI is InChI=1S/C38H44O11/c1-23(2)33(39)45-19-11-17-43-25(5)21-47-37-27-13-7-9-15-29(27)38(30-16-10-8-14-28(30)37,32-31(37)35(41)49-36(32)42)48-22-26(6)44-18-12-20-46-34(40)24(3)4/h7-10,13-16,25-26,31-32H,1,3,11-12,17-22H2,2,4-6H3. The van der Waals surface area contributed by atoms with Gasteiger partial charge in [-0.25, -0.2) is 9.59 Å². The fraction of sp³-hybridized carbons (Fsp3) is 0.474. The Morgan fingerprint density at radius 1 is 0.673 bits per heavy atom. The monoisotopic (exact) mass is 676 g/mol. The molecule has 0 amide bonds. The molecule has 49 heavy (non-hydrogen) atoms. The minimum absolute atomic E-state index is 0.0966. The van der Waals surface area contributed by atoms with Crippen LogP contribution in [0.1, 0.15) is 62.8 Å². The van der Waals surface area contributed by atoms with Crippen LogP contribution >= 0.6 is 0 Å². The number of ether oxygens (including phenoxy) is 7. The number of cyclic esters (lactones) is 2. The molecule has 2 aromatic carbocycles. The van der Waals surface area contributed by atoms with Crippen LogP contribution in [0.5, 0.6) is 0 Å². The summed E-state index contributed by atoms with van der Waals surface area (Å²) in [6.07, 6.45) is 0.167. The molecule has 0 radical (unpaired) electrons. The van der Waals surface area contributed by atoms with Crippen molar-refractivity contribution < 1.29 is 52.3 Å². The van der Waals surface area contributed by atoms with Crippen molar-refractivity contribution in [1.82, 2.24) is 0 Å². The van der Waals surface area contributed by atoms with E-state index in [0.29, 0.717) is 59.5 Å². The summed E-state index contributed by atoms with van der Waals surface area (Å²) in [7, 11) is 0. The van der Waals surface area contributed by atoms with Crippen molar-refractivity contribution in [1.29, 1.82) is 0 Å². The van der Waals surface area contributed by atoms with Crippen molar-refractivity contribution in [3.8, 4) is 0 Å². The van der Waals surface area contributed by atoms with E-state index in [9.17, 15) is 19.2 Å². The highest BCUT2D eigenvalue weighted by molar-refractivity contribution is 6.01. The van der Waals surface area contributed by atoms with Gasteiger partial charge in [0.25, 0.3) is 0 Å². The molecule has 2 aromatic rings. The molecule has 1 fully saturated rings. The van der Waals surface area contributed by atoms with Gasteiger partial charge in [0.15, 0.2) is 0 Å². The number of rotatable bonds is 18. The predicted molar refractivity (Wildman–Crippen MR) is 176 cm³/mol. The van der Waals surface area contributed by atoms with Crippen molar-refractivity contribution in [2.24, 2.45) is 11.8 Å². The molecule has 2 bridgehead atoms. The number of esters is 4. The van der Waals surface area contributed by atoms with Crippen molar-refractivity contribution in [3.05, 3.63) is 95.1 Å². The Bertz CT molecular complexity index is 1450. The maximum absolute atomic E-state index is 13.7. The van der Waals surface area contributed by atoms with Crippen molar-refractivity contribution >= 4 is 23.9 Å². The predicted octanol–water partition coefficient (Wildman–Crippen LogP) is 4.68. The van der Waals surface area contributed by atoms with Gasteiger partial charge in [0.2, 0.25) is 0 Å². The smallest absolute Gasteiger partial charge is 0.333 e. The van der Waals surface area contributed by atoms with E-state index in [0.717, 1.165) is 0 Å². The first-order valence-corrected chi connectivity index (χ1v) is 16.6. The molecule has 4 atom stereocenters. The van der Waals surface area contributed by atoms with Crippen LogP contribution in [0, 0.1) is 11.8 Å². The van der Waals surface area contributed by atoms with E-state index < -0.39 is 59.1 Å². The third-order valence-corrected chi connectivity index (χ3v) is 9.01. The first kappa shape index (κ1) is 36.1. The van der Waals surface area contributed by atoms with Gasteiger partial charge in [0.1, 0.15) is 23.0 Å². The fourth-order valence-electron chi connectivity index (χ4n) is 6.87. The van der Waals surface area contributed by atoms with Crippen LogP contribution in [0.25, 0.3) is 0 Å². The van der Waals surface area contributed by atoms with Crippen LogP contribution < -0.4 is 0 Å². The van der Waals surface area contributed by atoms with Crippen LogP contribution in [0.2, 0.25) is 0 Å². The normalized spacial score (nSPS) is 24.2. The lowest BCUT2D eigenvalue weighted by molar-refractivity contribution is -0.189. The molecule has 0 spiro atoms. The van der Waals surface area contributed by atoms with Gasteiger partial charge in [-0.05, 0) is 49.9 Å². The molecule has 0 aromatic heterocycles. The zero-order valence-corrected chi connectivity index (χ0v) is 28.5. The summed E-state index contributed by atoms with van der Waals surface area (Å²) in [4.78, 5) is 50.7. The second kappa shape index (κ2) is 15.2. The Labute approximate surface area is 286 Å². The summed E-state index contributed by atoms with van der Waals surface area (Å²) in [6.45, 7) is 15.3. The highest BCUT2D eigenvalue weighted by Crippen LogP contribution is 2.67. The summed E-state index contributed by atoms with van der Waals surface area (Å²) < 4.78 is 41.2. The minimum atomic E-state index is -1.34. The molecule has 1 aliphatic heterocycles. The average Bonchev–Trinajstić information content (AvgIpc) is 3.40. The van der Waals surface area contributed by atoms with E-state index in [-0.39, 0.29) is 26.4 Å². The SMILES string of the molecule is C=C(C)C(=O)OCCCOC(C)COC12c3ccccc3C(OCC(C)OCCCOC(=O)C(=C)C)(c3ccccc31)C1C(=O)OC(=O)C12. The molecular formula is C38H44O11. The Balaban J connectivity index is 1.37. The molecule has 1 saturated heterocycles. The molecule has 0 N–H and O–H groups in total. The van der Waals surface area contributed by atoms with Crippen molar-refractivity contribution in [3.63, 3.8) is 0 Å². The van der Waals surface area contributed by atoms with E-state index in [2.05, 4.69) is 13.2 Å².